The van der Waals surface area contributed by atoms with Crippen LogP contribution < -0.4 is 5.11 Å². The van der Waals surface area contributed by atoms with E-state index in [1.807, 2.05) is 0 Å². The van der Waals surface area contributed by atoms with Gasteiger partial charge in [0.15, 0.2) is 0 Å². The second kappa shape index (κ2) is 12.7. The fourth-order valence-electron chi connectivity index (χ4n) is 1.56. The molecule has 0 aliphatic heterocycles. The van der Waals surface area contributed by atoms with E-state index in [9.17, 15) is 13.2 Å². The first-order valence-corrected chi connectivity index (χ1v) is 7.35. The largest absolute Gasteiger partial charge is 0.542 e. The Labute approximate surface area is 130 Å². The molecule has 8 heteroatoms. The summed E-state index contributed by atoms with van der Waals surface area (Å²) in [6.45, 7) is 5.85. The number of unbranched alkanes of at least 4 members (excludes halogenated alkanes) is 3. The van der Waals surface area contributed by atoms with E-state index in [1.165, 1.54) is 32.2 Å². The Hall–Kier alpha value is -0.860. The molecule has 0 aromatic heterocycles. The van der Waals surface area contributed by atoms with Gasteiger partial charge in [-0.1, -0.05) is 19.8 Å². The molecule has 0 spiro atoms. The number of alkyl halides is 3. The molecule has 0 rings (SSSR count). The Morgan fingerprint density at radius 2 is 1.68 bits per heavy atom. The summed E-state index contributed by atoms with van der Waals surface area (Å²) < 4.78 is 37.9. The lowest BCUT2D eigenvalue weighted by Crippen LogP contribution is -2.43. The molecule has 0 bridgehead atoms. The van der Waals surface area contributed by atoms with Crippen LogP contribution in [0.15, 0.2) is 0 Å². The van der Waals surface area contributed by atoms with Crippen LogP contribution in [0.5, 0.6) is 0 Å². The van der Waals surface area contributed by atoms with E-state index in [4.69, 9.17) is 19.7 Å². The van der Waals surface area contributed by atoms with Gasteiger partial charge in [-0.05, 0) is 12.8 Å². The molecule has 0 saturated heterocycles. The van der Waals surface area contributed by atoms with Gasteiger partial charge in [-0.2, -0.15) is 13.2 Å². The number of ether oxygens (including phenoxy) is 1. The molecular formula is C14H28F3NO4. The topological polar surface area (TPSA) is 69.6 Å². The van der Waals surface area contributed by atoms with Gasteiger partial charge in [0, 0.05) is 0 Å². The molecule has 0 saturated carbocycles. The number of carboxylic acids is 1. The Balaban J connectivity index is 0. The molecular weight excluding hydrogens is 303 g/mol. The number of aliphatic hydroxyl groups excluding tert-OH is 1. The lowest BCUT2D eigenvalue weighted by atomic mass is 10.2. The fraction of sp³-hybridized carbons (Fsp3) is 0.929. The van der Waals surface area contributed by atoms with Crippen molar-refractivity contribution in [3.8, 4) is 0 Å². The van der Waals surface area contributed by atoms with Gasteiger partial charge >= 0.3 is 6.18 Å². The summed E-state index contributed by atoms with van der Waals surface area (Å²) in [5, 5.41) is 17.4. The molecule has 0 aliphatic carbocycles. The number of aliphatic hydroxyl groups is 1. The van der Waals surface area contributed by atoms with E-state index in [2.05, 4.69) is 21.0 Å². The lowest BCUT2D eigenvalue weighted by Gasteiger charge is -2.29. The van der Waals surface area contributed by atoms with Crippen LogP contribution in [0.1, 0.15) is 32.6 Å². The van der Waals surface area contributed by atoms with Crippen LogP contribution >= 0.6 is 0 Å². The number of aliphatic carboxylic acids is 1. The van der Waals surface area contributed by atoms with Crippen LogP contribution in [-0.4, -0.2) is 68.7 Å². The van der Waals surface area contributed by atoms with E-state index < -0.39 is 12.1 Å². The van der Waals surface area contributed by atoms with Crippen LogP contribution in [0.2, 0.25) is 0 Å². The standard InChI is InChI=1S/C12H28NO2.C2HF3O2/c1-4-5-6-7-8-13(2,3)9-11-15-12-10-14;3-2(4,5)1(6)7/h14H,4-12H2,1-3H3;(H,6,7)/q+1;/p-1. The maximum atomic E-state index is 10.5. The Kier molecular flexibility index (Phi) is 13.5. The maximum absolute atomic E-state index is 10.5. The summed E-state index contributed by atoms with van der Waals surface area (Å²) in [4.78, 5) is 8.78. The molecule has 5 nitrogen and oxygen atoms in total. The predicted molar refractivity (Wildman–Crippen MR) is 75.0 cm³/mol. The van der Waals surface area contributed by atoms with Crippen molar-refractivity contribution in [3.63, 3.8) is 0 Å². The first-order valence-electron chi connectivity index (χ1n) is 7.35. The van der Waals surface area contributed by atoms with Gasteiger partial charge < -0.3 is 24.2 Å². The van der Waals surface area contributed by atoms with Crippen molar-refractivity contribution in [2.24, 2.45) is 0 Å². The first-order chi connectivity index (χ1) is 10.1. The number of hydrogen-bond donors (Lipinski definition) is 1. The molecule has 0 aromatic rings. The molecule has 1 N–H and O–H groups in total. The van der Waals surface area contributed by atoms with E-state index in [0.717, 1.165) is 17.6 Å². The minimum Gasteiger partial charge on any atom is -0.542 e. The van der Waals surface area contributed by atoms with Crippen LogP contribution in [0.25, 0.3) is 0 Å². The molecule has 0 aliphatic rings. The number of carboxylic acid groups (broad SMARTS) is 1. The number of carbonyl (C=O) groups is 1. The molecule has 0 unspecified atom stereocenters. The third-order valence-corrected chi connectivity index (χ3v) is 2.93. The van der Waals surface area contributed by atoms with Gasteiger partial charge in [-0.3, -0.25) is 0 Å². The highest BCUT2D eigenvalue weighted by atomic mass is 19.4. The molecule has 0 heterocycles. The smallest absolute Gasteiger partial charge is 0.430 e. The zero-order chi connectivity index (χ0) is 17.6. The Morgan fingerprint density at radius 1 is 1.14 bits per heavy atom. The van der Waals surface area contributed by atoms with E-state index in [0.29, 0.717) is 6.61 Å². The van der Waals surface area contributed by atoms with Gasteiger partial charge in [0.1, 0.15) is 12.5 Å². The molecule has 0 amide bonds. The lowest BCUT2D eigenvalue weighted by molar-refractivity contribution is -0.891. The normalized spacial score (nSPS) is 11.8. The molecule has 22 heavy (non-hydrogen) atoms. The number of carbonyl (C=O) groups excluding carboxylic acids is 1. The Morgan fingerprint density at radius 3 is 2.09 bits per heavy atom. The Bertz CT molecular complexity index is 270. The third-order valence-electron chi connectivity index (χ3n) is 2.93. The molecule has 134 valence electrons. The summed E-state index contributed by atoms with van der Waals surface area (Å²) in [6.07, 6.45) is 0.102. The highest BCUT2D eigenvalue weighted by molar-refractivity contribution is 5.70. The van der Waals surface area contributed by atoms with Crippen molar-refractivity contribution in [1.82, 2.24) is 0 Å². The van der Waals surface area contributed by atoms with Crippen molar-refractivity contribution in [1.29, 1.82) is 0 Å². The van der Waals surface area contributed by atoms with Gasteiger partial charge in [-0.15, -0.1) is 0 Å². The number of nitrogens with zero attached hydrogens (tertiary/aromatic N) is 1. The number of likely N-dealkylation sites (N-methyl/N-ethyl adjacent to an activating group) is 1. The average Bonchev–Trinajstić information content (AvgIpc) is 2.39. The van der Waals surface area contributed by atoms with Crippen LogP contribution in [0, 0.1) is 0 Å². The monoisotopic (exact) mass is 331 g/mol. The minimum atomic E-state index is -5.19. The zero-order valence-corrected chi connectivity index (χ0v) is 13.6. The highest BCUT2D eigenvalue weighted by Gasteiger charge is 2.28. The SMILES string of the molecule is CCCCCC[N+](C)(C)CCOCCO.O=C([O-])C(F)(F)F. The number of rotatable bonds is 10. The van der Waals surface area contributed by atoms with Crippen LogP contribution in [-0.2, 0) is 9.53 Å². The van der Waals surface area contributed by atoms with Crippen LogP contribution in [0.3, 0.4) is 0 Å². The van der Waals surface area contributed by atoms with Crippen molar-refractivity contribution < 1.29 is 37.4 Å². The van der Waals surface area contributed by atoms with E-state index in [-0.39, 0.29) is 6.61 Å². The number of halogens is 3. The molecule has 0 radical (unpaired) electrons. The molecule has 0 atom stereocenters. The summed E-state index contributed by atoms with van der Waals surface area (Å²) >= 11 is 0. The third kappa shape index (κ3) is 17.2. The van der Waals surface area contributed by atoms with Crippen molar-refractivity contribution in [3.05, 3.63) is 0 Å². The van der Waals surface area contributed by atoms with Crippen molar-refractivity contribution in [2.75, 3.05) is 47.0 Å². The predicted octanol–water partition coefficient (Wildman–Crippen LogP) is 0.951. The summed E-state index contributed by atoms with van der Waals surface area (Å²) in [5.74, 6) is -3.01. The summed E-state index contributed by atoms with van der Waals surface area (Å²) in [7, 11) is 4.49. The fourth-order valence-corrected chi connectivity index (χ4v) is 1.56. The molecule has 0 fully saturated rings. The van der Waals surface area contributed by atoms with Crippen molar-refractivity contribution >= 4 is 5.97 Å². The number of quaternary nitrogens is 1. The maximum Gasteiger partial charge on any atom is 0.430 e. The second-order valence-corrected chi connectivity index (χ2v) is 5.56. The van der Waals surface area contributed by atoms with Gasteiger partial charge in [0.2, 0.25) is 0 Å². The minimum absolute atomic E-state index is 0.129. The van der Waals surface area contributed by atoms with E-state index in [1.54, 1.807) is 0 Å². The van der Waals surface area contributed by atoms with Gasteiger partial charge in [-0.25, -0.2) is 0 Å². The summed E-state index contributed by atoms with van der Waals surface area (Å²) in [6, 6.07) is 0. The second-order valence-electron chi connectivity index (χ2n) is 5.56. The van der Waals surface area contributed by atoms with Gasteiger partial charge in [0.25, 0.3) is 0 Å². The van der Waals surface area contributed by atoms with Crippen LogP contribution in [0.4, 0.5) is 13.2 Å². The van der Waals surface area contributed by atoms with Gasteiger partial charge in [0.05, 0.1) is 40.5 Å². The average molecular weight is 331 g/mol. The molecule has 0 aromatic carbocycles. The summed E-state index contributed by atoms with van der Waals surface area (Å²) in [5.41, 5.74) is 0. The highest BCUT2D eigenvalue weighted by Crippen LogP contribution is 2.11. The van der Waals surface area contributed by atoms with Crippen molar-refractivity contribution in [2.45, 2.75) is 38.8 Å². The zero-order valence-electron chi connectivity index (χ0n) is 13.6. The van der Waals surface area contributed by atoms with E-state index >= 15 is 0 Å². The number of hydrogen-bond acceptors (Lipinski definition) is 4. The first kappa shape index (κ1) is 23.4. The quantitative estimate of drug-likeness (QED) is 0.478.